The maximum atomic E-state index is 12.2. The van der Waals surface area contributed by atoms with E-state index in [1.54, 1.807) is 23.5 Å². The Morgan fingerprint density at radius 1 is 0.774 bits per heavy atom. The zero-order valence-corrected chi connectivity index (χ0v) is 17.8. The van der Waals surface area contributed by atoms with Crippen LogP contribution >= 0.6 is 11.3 Å². The van der Waals surface area contributed by atoms with Gasteiger partial charge >= 0.3 is 0 Å². The average molecular weight is 427 g/mol. The molecule has 0 bridgehead atoms. The van der Waals surface area contributed by atoms with Crippen molar-refractivity contribution in [3.05, 3.63) is 95.9 Å². The number of hydrogen-bond acceptors (Lipinski definition) is 4. The predicted octanol–water partition coefficient (Wildman–Crippen LogP) is 6.47. The van der Waals surface area contributed by atoms with Crippen molar-refractivity contribution in [3.8, 4) is 21.8 Å². The maximum absolute atomic E-state index is 12.2. The van der Waals surface area contributed by atoms with Crippen LogP contribution in [0.3, 0.4) is 0 Å². The molecule has 0 atom stereocenters. The number of aromatic nitrogens is 1. The molecule has 0 aliphatic rings. The number of carbonyl (C=O) groups is 2. The fraction of sp³-hybridized carbons (Fsp3) is 0.115. The van der Waals surface area contributed by atoms with Gasteiger partial charge in [-0.15, -0.1) is 11.3 Å². The number of anilines is 1. The van der Waals surface area contributed by atoms with Crippen LogP contribution in [0.4, 0.5) is 5.69 Å². The minimum absolute atomic E-state index is 0.0656. The summed E-state index contributed by atoms with van der Waals surface area (Å²) in [6, 6.07) is 26.9. The summed E-state index contributed by atoms with van der Waals surface area (Å²) in [5.41, 5.74) is 4.46. The largest absolute Gasteiger partial charge is 0.326 e. The van der Waals surface area contributed by atoms with Crippen molar-refractivity contribution in [2.24, 2.45) is 0 Å². The molecule has 5 heteroatoms. The van der Waals surface area contributed by atoms with Gasteiger partial charge in [0.05, 0.1) is 5.69 Å². The van der Waals surface area contributed by atoms with Gasteiger partial charge in [-0.2, -0.15) is 0 Å². The molecule has 0 fully saturated rings. The molecular formula is C26H22N2O2S. The molecular weight excluding hydrogens is 404 g/mol. The standard InChI is InChI=1S/C26H22N2O2S/c29-24(20-8-3-1-4-9-20)12-7-13-25(30)27-22-16-14-19(15-17-22)23-18-31-26(28-23)21-10-5-2-6-11-21/h1-6,8-11,14-18H,7,12-13H2,(H,27,30). The van der Waals surface area contributed by atoms with Gasteiger partial charge < -0.3 is 5.32 Å². The number of amides is 1. The molecule has 4 rings (SSSR count). The van der Waals surface area contributed by atoms with Crippen LogP contribution in [0.1, 0.15) is 29.6 Å². The maximum Gasteiger partial charge on any atom is 0.224 e. The molecule has 0 aliphatic carbocycles. The highest BCUT2D eigenvalue weighted by molar-refractivity contribution is 7.13. The van der Waals surface area contributed by atoms with E-state index in [0.717, 1.165) is 27.5 Å². The van der Waals surface area contributed by atoms with Crippen molar-refractivity contribution in [2.75, 3.05) is 5.32 Å². The number of rotatable bonds is 8. The molecule has 0 spiro atoms. The molecule has 1 N–H and O–H groups in total. The summed E-state index contributed by atoms with van der Waals surface area (Å²) in [5, 5.41) is 5.92. The van der Waals surface area contributed by atoms with E-state index in [-0.39, 0.29) is 11.7 Å². The molecule has 4 nitrogen and oxygen atoms in total. The number of hydrogen-bond donors (Lipinski definition) is 1. The van der Waals surface area contributed by atoms with Gasteiger partial charge in [-0.1, -0.05) is 72.8 Å². The number of carbonyl (C=O) groups excluding carboxylic acids is 2. The van der Waals surface area contributed by atoms with Gasteiger partial charge in [0.25, 0.3) is 0 Å². The summed E-state index contributed by atoms with van der Waals surface area (Å²) < 4.78 is 0. The lowest BCUT2D eigenvalue weighted by Gasteiger charge is -2.06. The highest BCUT2D eigenvalue weighted by Gasteiger charge is 2.09. The number of Topliss-reactive ketones (excluding diaryl/α,β-unsaturated/α-hetero) is 1. The SMILES string of the molecule is O=C(CCCC(=O)c1ccccc1)Nc1ccc(-c2csc(-c3ccccc3)n2)cc1. The minimum atomic E-state index is -0.0892. The molecule has 1 amide bonds. The Morgan fingerprint density at radius 2 is 1.45 bits per heavy atom. The summed E-state index contributed by atoms with van der Waals surface area (Å²) in [5.74, 6) is -0.0236. The molecule has 0 saturated heterocycles. The number of nitrogens with one attached hydrogen (secondary N) is 1. The first-order valence-electron chi connectivity index (χ1n) is 10.2. The molecule has 0 radical (unpaired) electrons. The Kier molecular flexibility index (Phi) is 6.65. The van der Waals surface area contributed by atoms with Crippen LogP contribution in [0.15, 0.2) is 90.3 Å². The second kappa shape index (κ2) is 9.96. The van der Waals surface area contributed by atoms with Crippen molar-refractivity contribution in [2.45, 2.75) is 19.3 Å². The van der Waals surface area contributed by atoms with E-state index in [0.29, 0.717) is 24.8 Å². The third-order valence-electron chi connectivity index (χ3n) is 4.89. The van der Waals surface area contributed by atoms with E-state index in [9.17, 15) is 9.59 Å². The number of nitrogens with zero attached hydrogens (tertiary/aromatic N) is 1. The summed E-state index contributed by atoms with van der Waals surface area (Å²) in [6.45, 7) is 0. The summed E-state index contributed by atoms with van der Waals surface area (Å²) >= 11 is 1.61. The van der Waals surface area contributed by atoms with Gasteiger partial charge in [0.2, 0.25) is 5.91 Å². The normalized spacial score (nSPS) is 10.6. The van der Waals surface area contributed by atoms with E-state index in [4.69, 9.17) is 4.98 Å². The first kappa shape index (κ1) is 20.7. The highest BCUT2D eigenvalue weighted by atomic mass is 32.1. The summed E-state index contributed by atoms with van der Waals surface area (Å²) in [4.78, 5) is 29.0. The third kappa shape index (κ3) is 5.53. The van der Waals surface area contributed by atoms with Crippen LogP contribution in [0.25, 0.3) is 21.8 Å². The van der Waals surface area contributed by atoms with Crippen molar-refractivity contribution >= 4 is 28.7 Å². The summed E-state index contributed by atoms with van der Waals surface area (Å²) in [7, 11) is 0. The third-order valence-corrected chi connectivity index (χ3v) is 5.78. The topological polar surface area (TPSA) is 59.1 Å². The average Bonchev–Trinajstić information content (AvgIpc) is 3.31. The molecule has 0 aliphatic heterocycles. The molecule has 3 aromatic carbocycles. The smallest absolute Gasteiger partial charge is 0.224 e. The van der Waals surface area contributed by atoms with Gasteiger partial charge in [0, 0.05) is 40.6 Å². The monoisotopic (exact) mass is 426 g/mol. The Balaban J connectivity index is 1.29. The van der Waals surface area contributed by atoms with Crippen molar-refractivity contribution in [1.29, 1.82) is 0 Å². The van der Waals surface area contributed by atoms with E-state index in [1.165, 1.54) is 0 Å². The van der Waals surface area contributed by atoms with E-state index < -0.39 is 0 Å². The van der Waals surface area contributed by atoms with E-state index in [2.05, 4.69) is 17.4 Å². The van der Waals surface area contributed by atoms with E-state index >= 15 is 0 Å². The lowest BCUT2D eigenvalue weighted by molar-refractivity contribution is -0.116. The van der Waals surface area contributed by atoms with Crippen LogP contribution < -0.4 is 5.32 Å². The minimum Gasteiger partial charge on any atom is -0.326 e. The van der Waals surface area contributed by atoms with E-state index in [1.807, 2.05) is 66.0 Å². The molecule has 1 aromatic heterocycles. The number of thiazole rings is 1. The van der Waals surface area contributed by atoms with Gasteiger partial charge in [0.15, 0.2) is 5.78 Å². The quantitative estimate of drug-likeness (QED) is 0.329. The van der Waals surface area contributed by atoms with Gasteiger partial charge in [-0.3, -0.25) is 9.59 Å². The lowest BCUT2D eigenvalue weighted by atomic mass is 10.1. The van der Waals surface area contributed by atoms with Crippen LogP contribution in [-0.2, 0) is 4.79 Å². The fourth-order valence-corrected chi connectivity index (χ4v) is 4.08. The Hall–Kier alpha value is -3.57. The number of benzene rings is 3. The van der Waals surface area contributed by atoms with Crippen LogP contribution in [0, 0.1) is 0 Å². The zero-order chi connectivity index (χ0) is 21.5. The van der Waals surface area contributed by atoms with Crippen molar-refractivity contribution < 1.29 is 9.59 Å². The summed E-state index contributed by atoms with van der Waals surface area (Å²) in [6.07, 6.45) is 1.20. The fourth-order valence-electron chi connectivity index (χ4n) is 3.25. The second-order valence-corrected chi connectivity index (χ2v) is 8.03. The predicted molar refractivity (Wildman–Crippen MR) is 126 cm³/mol. The first-order valence-corrected chi connectivity index (χ1v) is 11.1. The molecule has 0 unspecified atom stereocenters. The van der Waals surface area contributed by atoms with Crippen LogP contribution in [0.5, 0.6) is 0 Å². The van der Waals surface area contributed by atoms with Crippen molar-refractivity contribution in [1.82, 2.24) is 4.98 Å². The van der Waals surface area contributed by atoms with Gasteiger partial charge in [-0.05, 0) is 18.6 Å². The zero-order valence-electron chi connectivity index (χ0n) is 17.0. The molecule has 0 saturated carbocycles. The first-order chi connectivity index (χ1) is 15.2. The highest BCUT2D eigenvalue weighted by Crippen LogP contribution is 2.29. The lowest BCUT2D eigenvalue weighted by Crippen LogP contribution is -2.12. The molecule has 154 valence electrons. The Bertz CT molecular complexity index is 1150. The molecule has 1 heterocycles. The molecule has 31 heavy (non-hydrogen) atoms. The Labute approximate surface area is 185 Å². The van der Waals surface area contributed by atoms with Crippen LogP contribution in [0.2, 0.25) is 0 Å². The molecule has 4 aromatic rings. The number of ketones is 1. The second-order valence-electron chi connectivity index (χ2n) is 7.17. The van der Waals surface area contributed by atoms with Crippen LogP contribution in [-0.4, -0.2) is 16.7 Å². The van der Waals surface area contributed by atoms with Gasteiger partial charge in [-0.25, -0.2) is 4.98 Å². The van der Waals surface area contributed by atoms with Gasteiger partial charge in [0.1, 0.15) is 5.01 Å². The van der Waals surface area contributed by atoms with Crippen molar-refractivity contribution in [3.63, 3.8) is 0 Å². The Morgan fingerprint density at radius 3 is 2.16 bits per heavy atom.